The molecule has 0 radical (unpaired) electrons. The van der Waals surface area contributed by atoms with Gasteiger partial charge >= 0.3 is 0 Å². The van der Waals surface area contributed by atoms with E-state index < -0.39 is 0 Å². The topological polar surface area (TPSA) is 42.0 Å². The van der Waals surface area contributed by atoms with E-state index in [1.165, 1.54) is 0 Å². The zero-order valence-electron chi connectivity index (χ0n) is 13.3. The van der Waals surface area contributed by atoms with E-state index in [1.807, 2.05) is 36.9 Å². The van der Waals surface area contributed by atoms with E-state index in [4.69, 9.17) is 9.47 Å². The number of ether oxygens (including phenoxy) is 2. The van der Waals surface area contributed by atoms with Crippen molar-refractivity contribution in [1.29, 1.82) is 0 Å². The van der Waals surface area contributed by atoms with Crippen LogP contribution in [0, 0.1) is 5.92 Å². The number of methoxy groups -OCH3 is 2. The first-order valence-corrected chi connectivity index (χ1v) is 7.33. The summed E-state index contributed by atoms with van der Waals surface area (Å²) < 4.78 is 10.9. The lowest BCUT2D eigenvalue weighted by atomic mass is 10.1. The monoisotopic (exact) mass is 292 g/mol. The molecular formula is C16H24N2O3. The fourth-order valence-electron chi connectivity index (χ4n) is 2.66. The van der Waals surface area contributed by atoms with Crippen LogP contribution in [-0.2, 0) is 4.79 Å². The van der Waals surface area contributed by atoms with Gasteiger partial charge in [-0.25, -0.2) is 0 Å². The van der Waals surface area contributed by atoms with Gasteiger partial charge in [0.25, 0.3) is 0 Å². The predicted molar refractivity (Wildman–Crippen MR) is 83.2 cm³/mol. The number of carbonyl (C=O) groups excluding carboxylic acids is 1. The molecule has 1 aliphatic heterocycles. The number of benzene rings is 1. The minimum Gasteiger partial charge on any atom is -0.494 e. The second kappa shape index (κ2) is 6.70. The Kier molecular flexibility index (Phi) is 4.94. The van der Waals surface area contributed by atoms with Crippen LogP contribution in [-0.4, -0.2) is 51.2 Å². The highest BCUT2D eigenvalue weighted by molar-refractivity contribution is 5.78. The SMILES string of the molecule is COc1cccc(OC)c1N1CCN(C(=O)C(C)C)CC1. The van der Waals surface area contributed by atoms with Gasteiger partial charge in [0.05, 0.1) is 14.2 Å². The Hall–Kier alpha value is -1.91. The molecule has 1 aromatic rings. The third-order valence-corrected chi connectivity index (χ3v) is 3.80. The average molecular weight is 292 g/mol. The number of anilines is 1. The smallest absolute Gasteiger partial charge is 0.225 e. The van der Waals surface area contributed by atoms with E-state index in [-0.39, 0.29) is 11.8 Å². The number of hydrogen-bond donors (Lipinski definition) is 0. The zero-order valence-corrected chi connectivity index (χ0v) is 13.3. The van der Waals surface area contributed by atoms with Crippen LogP contribution < -0.4 is 14.4 Å². The highest BCUT2D eigenvalue weighted by Crippen LogP contribution is 2.38. The Morgan fingerprint density at radius 1 is 1.05 bits per heavy atom. The molecule has 0 aliphatic carbocycles. The average Bonchev–Trinajstić information content (AvgIpc) is 2.53. The van der Waals surface area contributed by atoms with Gasteiger partial charge in [-0.1, -0.05) is 19.9 Å². The number of rotatable bonds is 4. The largest absolute Gasteiger partial charge is 0.494 e. The number of amides is 1. The standard InChI is InChI=1S/C16H24N2O3/c1-12(2)16(19)18-10-8-17(9-11-18)15-13(20-3)6-5-7-14(15)21-4/h5-7,12H,8-11H2,1-4H3. The van der Waals surface area contributed by atoms with Crippen LogP contribution in [0.5, 0.6) is 11.5 Å². The molecule has 0 unspecified atom stereocenters. The van der Waals surface area contributed by atoms with Crippen LogP contribution in [0.3, 0.4) is 0 Å². The van der Waals surface area contributed by atoms with Gasteiger partial charge < -0.3 is 19.3 Å². The first-order chi connectivity index (χ1) is 10.1. The Bertz CT molecular complexity index is 472. The van der Waals surface area contributed by atoms with Crippen molar-refractivity contribution in [3.8, 4) is 11.5 Å². The molecule has 1 amide bonds. The van der Waals surface area contributed by atoms with Crippen LogP contribution in [0.4, 0.5) is 5.69 Å². The Labute approximate surface area is 126 Å². The maximum atomic E-state index is 12.0. The summed E-state index contributed by atoms with van der Waals surface area (Å²) in [5.74, 6) is 1.88. The second-order valence-electron chi connectivity index (χ2n) is 5.48. The minimum absolute atomic E-state index is 0.0531. The van der Waals surface area contributed by atoms with Crippen molar-refractivity contribution in [2.45, 2.75) is 13.8 Å². The van der Waals surface area contributed by atoms with E-state index in [0.29, 0.717) is 0 Å². The Morgan fingerprint density at radius 3 is 2.00 bits per heavy atom. The number of carbonyl (C=O) groups is 1. The first-order valence-electron chi connectivity index (χ1n) is 7.33. The van der Waals surface area contributed by atoms with Crippen LogP contribution in [0.15, 0.2) is 18.2 Å². The molecule has 21 heavy (non-hydrogen) atoms. The third kappa shape index (κ3) is 3.23. The summed E-state index contributed by atoms with van der Waals surface area (Å²) in [7, 11) is 3.33. The van der Waals surface area contributed by atoms with Crippen LogP contribution in [0.2, 0.25) is 0 Å². The Balaban J connectivity index is 2.14. The summed E-state index contributed by atoms with van der Waals surface area (Å²) in [6, 6.07) is 5.78. The molecule has 0 aromatic heterocycles. The van der Waals surface area contributed by atoms with E-state index >= 15 is 0 Å². The van der Waals surface area contributed by atoms with Crippen molar-refractivity contribution < 1.29 is 14.3 Å². The molecule has 5 heteroatoms. The summed E-state index contributed by atoms with van der Waals surface area (Å²) in [5, 5.41) is 0. The molecule has 116 valence electrons. The molecule has 0 spiro atoms. The van der Waals surface area contributed by atoms with Gasteiger partial charge in [0.15, 0.2) is 0 Å². The maximum Gasteiger partial charge on any atom is 0.225 e. The summed E-state index contributed by atoms with van der Waals surface area (Å²) in [4.78, 5) is 16.2. The van der Waals surface area contributed by atoms with Crippen LogP contribution in [0.25, 0.3) is 0 Å². The highest BCUT2D eigenvalue weighted by Gasteiger charge is 2.26. The minimum atomic E-state index is 0.0531. The van der Waals surface area contributed by atoms with Crippen LogP contribution in [0.1, 0.15) is 13.8 Å². The van der Waals surface area contributed by atoms with E-state index in [1.54, 1.807) is 14.2 Å². The molecule has 1 aliphatic rings. The van der Waals surface area contributed by atoms with Gasteiger partial charge in [-0.15, -0.1) is 0 Å². The normalized spacial score (nSPS) is 15.3. The molecule has 0 saturated carbocycles. The highest BCUT2D eigenvalue weighted by atomic mass is 16.5. The third-order valence-electron chi connectivity index (χ3n) is 3.80. The van der Waals surface area contributed by atoms with Crippen molar-refractivity contribution >= 4 is 11.6 Å². The summed E-state index contributed by atoms with van der Waals surface area (Å²) in [5.41, 5.74) is 0.971. The van der Waals surface area contributed by atoms with Crippen LogP contribution >= 0.6 is 0 Å². The van der Waals surface area contributed by atoms with Gasteiger partial charge in [-0.05, 0) is 12.1 Å². The molecule has 0 bridgehead atoms. The van der Waals surface area contributed by atoms with Crippen molar-refractivity contribution in [3.63, 3.8) is 0 Å². The van der Waals surface area contributed by atoms with Gasteiger partial charge in [-0.3, -0.25) is 4.79 Å². The quantitative estimate of drug-likeness (QED) is 0.851. The molecule has 2 rings (SSSR count). The molecule has 1 aromatic carbocycles. The van der Waals surface area contributed by atoms with E-state index in [2.05, 4.69) is 4.90 Å². The number of para-hydroxylation sites is 1. The summed E-state index contributed by atoms with van der Waals surface area (Å²) in [6.07, 6.45) is 0. The van der Waals surface area contributed by atoms with Gasteiger partial charge in [0, 0.05) is 32.1 Å². The van der Waals surface area contributed by atoms with Gasteiger partial charge in [-0.2, -0.15) is 0 Å². The van der Waals surface area contributed by atoms with E-state index in [0.717, 1.165) is 43.4 Å². The molecule has 1 heterocycles. The predicted octanol–water partition coefficient (Wildman–Crippen LogP) is 2.01. The van der Waals surface area contributed by atoms with E-state index in [9.17, 15) is 4.79 Å². The van der Waals surface area contributed by atoms with Crippen molar-refractivity contribution in [1.82, 2.24) is 4.90 Å². The lowest BCUT2D eigenvalue weighted by molar-refractivity contribution is -0.134. The Morgan fingerprint density at radius 2 is 1.57 bits per heavy atom. The second-order valence-corrected chi connectivity index (χ2v) is 5.48. The molecule has 1 fully saturated rings. The molecule has 1 saturated heterocycles. The fraction of sp³-hybridized carbons (Fsp3) is 0.562. The summed E-state index contributed by atoms with van der Waals surface area (Å²) in [6.45, 7) is 6.93. The molecule has 0 atom stereocenters. The summed E-state index contributed by atoms with van der Waals surface area (Å²) >= 11 is 0. The fourth-order valence-corrected chi connectivity index (χ4v) is 2.66. The van der Waals surface area contributed by atoms with Gasteiger partial charge in [0.2, 0.25) is 5.91 Å². The van der Waals surface area contributed by atoms with Crippen molar-refractivity contribution in [2.24, 2.45) is 5.92 Å². The molecule has 0 N–H and O–H groups in total. The molecular weight excluding hydrogens is 268 g/mol. The lowest BCUT2D eigenvalue weighted by Crippen LogP contribution is -2.50. The van der Waals surface area contributed by atoms with Crippen molar-refractivity contribution in [3.05, 3.63) is 18.2 Å². The van der Waals surface area contributed by atoms with Crippen molar-refractivity contribution in [2.75, 3.05) is 45.3 Å². The zero-order chi connectivity index (χ0) is 15.4. The number of hydrogen-bond acceptors (Lipinski definition) is 4. The maximum absolute atomic E-state index is 12.0. The number of nitrogens with zero attached hydrogens (tertiary/aromatic N) is 2. The number of piperazine rings is 1. The van der Waals surface area contributed by atoms with Gasteiger partial charge in [0.1, 0.15) is 17.2 Å². The molecule has 5 nitrogen and oxygen atoms in total. The first kappa shape index (κ1) is 15.5. The lowest BCUT2D eigenvalue weighted by Gasteiger charge is -2.37.